The highest BCUT2D eigenvalue weighted by atomic mass is 32.2. The summed E-state index contributed by atoms with van der Waals surface area (Å²) in [6, 6.07) is 21.6. The number of rotatable bonds is 6. The van der Waals surface area contributed by atoms with E-state index in [2.05, 4.69) is 10.0 Å². The fraction of sp³-hybridized carbons (Fsp3) is 0.0500. The number of sulfonamides is 1. The van der Waals surface area contributed by atoms with E-state index in [4.69, 9.17) is 4.74 Å². The SMILES string of the molecule is CNC(=O)c1ccc(S(=O)(=O)Nc2ccc(Oc3ccccc3)cc2)cc1. The van der Waals surface area contributed by atoms with Crippen LogP contribution in [-0.4, -0.2) is 21.4 Å². The van der Waals surface area contributed by atoms with Gasteiger partial charge in [-0.2, -0.15) is 0 Å². The van der Waals surface area contributed by atoms with Crippen molar-refractivity contribution >= 4 is 21.6 Å². The highest BCUT2D eigenvalue weighted by Crippen LogP contribution is 2.24. The van der Waals surface area contributed by atoms with Gasteiger partial charge in [0.15, 0.2) is 0 Å². The molecule has 0 radical (unpaired) electrons. The Morgan fingerprint density at radius 2 is 1.41 bits per heavy atom. The summed E-state index contributed by atoms with van der Waals surface area (Å²) in [5.74, 6) is 1.02. The first kappa shape index (κ1) is 18.5. The van der Waals surface area contributed by atoms with E-state index >= 15 is 0 Å². The number of amides is 1. The highest BCUT2D eigenvalue weighted by Gasteiger charge is 2.15. The lowest BCUT2D eigenvalue weighted by atomic mass is 10.2. The number of hydrogen-bond donors (Lipinski definition) is 2. The molecule has 3 aromatic carbocycles. The topological polar surface area (TPSA) is 84.5 Å². The second-order valence-electron chi connectivity index (χ2n) is 5.65. The lowest BCUT2D eigenvalue weighted by Gasteiger charge is -2.10. The number of nitrogens with one attached hydrogen (secondary N) is 2. The Hall–Kier alpha value is -3.32. The first-order chi connectivity index (χ1) is 13.0. The summed E-state index contributed by atoms with van der Waals surface area (Å²) in [7, 11) is -2.24. The third-order valence-electron chi connectivity index (χ3n) is 3.74. The van der Waals surface area contributed by atoms with Crippen molar-refractivity contribution in [2.45, 2.75) is 4.90 Å². The van der Waals surface area contributed by atoms with Gasteiger partial charge in [0.05, 0.1) is 4.90 Å². The van der Waals surface area contributed by atoms with E-state index < -0.39 is 10.0 Å². The zero-order valence-electron chi connectivity index (χ0n) is 14.5. The average molecular weight is 382 g/mol. The first-order valence-corrected chi connectivity index (χ1v) is 9.64. The molecule has 0 fully saturated rings. The Balaban J connectivity index is 1.71. The predicted molar refractivity (Wildman–Crippen MR) is 104 cm³/mol. The molecule has 0 heterocycles. The van der Waals surface area contributed by atoms with Gasteiger partial charge in [-0.25, -0.2) is 8.42 Å². The van der Waals surface area contributed by atoms with Gasteiger partial charge in [0.1, 0.15) is 11.5 Å². The number of carbonyl (C=O) groups is 1. The summed E-state index contributed by atoms with van der Waals surface area (Å²) in [5, 5.41) is 2.49. The largest absolute Gasteiger partial charge is 0.457 e. The van der Waals surface area contributed by atoms with Crippen LogP contribution in [0, 0.1) is 0 Å². The van der Waals surface area contributed by atoms with Crippen LogP contribution in [0.1, 0.15) is 10.4 Å². The minimum absolute atomic E-state index is 0.0692. The minimum Gasteiger partial charge on any atom is -0.457 e. The standard InChI is InChI=1S/C20H18N2O4S/c1-21-20(23)15-7-13-19(14-8-15)27(24,25)22-16-9-11-18(12-10-16)26-17-5-3-2-4-6-17/h2-14,22H,1H3,(H,21,23). The zero-order valence-corrected chi connectivity index (χ0v) is 15.4. The van der Waals surface area contributed by atoms with Crippen LogP contribution in [0.25, 0.3) is 0 Å². The van der Waals surface area contributed by atoms with Crippen LogP contribution in [0.4, 0.5) is 5.69 Å². The summed E-state index contributed by atoms with van der Waals surface area (Å²) in [6.45, 7) is 0. The van der Waals surface area contributed by atoms with Gasteiger partial charge >= 0.3 is 0 Å². The molecule has 6 nitrogen and oxygen atoms in total. The van der Waals surface area contributed by atoms with Crippen LogP contribution in [-0.2, 0) is 10.0 Å². The van der Waals surface area contributed by atoms with Crippen LogP contribution in [0.5, 0.6) is 11.5 Å². The molecule has 1 amide bonds. The summed E-state index contributed by atoms with van der Waals surface area (Å²) in [6.07, 6.45) is 0. The number of benzene rings is 3. The summed E-state index contributed by atoms with van der Waals surface area (Å²) < 4.78 is 33.2. The second-order valence-corrected chi connectivity index (χ2v) is 7.33. The molecule has 0 spiro atoms. The Kier molecular flexibility index (Phi) is 5.42. The molecule has 138 valence electrons. The van der Waals surface area contributed by atoms with Crippen molar-refractivity contribution in [2.24, 2.45) is 0 Å². The van der Waals surface area contributed by atoms with Gasteiger partial charge in [0.2, 0.25) is 0 Å². The van der Waals surface area contributed by atoms with Crippen LogP contribution in [0.3, 0.4) is 0 Å². The van der Waals surface area contributed by atoms with Crippen LogP contribution in [0.2, 0.25) is 0 Å². The molecule has 3 rings (SSSR count). The molecule has 27 heavy (non-hydrogen) atoms. The maximum absolute atomic E-state index is 12.5. The highest BCUT2D eigenvalue weighted by molar-refractivity contribution is 7.92. The van der Waals surface area contributed by atoms with Gasteiger partial charge in [-0.05, 0) is 60.7 Å². The summed E-state index contributed by atoms with van der Waals surface area (Å²) in [4.78, 5) is 11.6. The van der Waals surface area contributed by atoms with E-state index in [1.54, 1.807) is 24.3 Å². The normalized spacial score (nSPS) is 10.9. The Bertz CT molecular complexity index is 1020. The zero-order chi connectivity index (χ0) is 19.3. The van der Waals surface area contributed by atoms with E-state index in [9.17, 15) is 13.2 Å². The molecule has 0 aliphatic rings. The van der Waals surface area contributed by atoms with Crippen LogP contribution >= 0.6 is 0 Å². The maximum Gasteiger partial charge on any atom is 0.261 e. The monoisotopic (exact) mass is 382 g/mol. The molecule has 0 saturated heterocycles. The Labute approximate surface area is 157 Å². The van der Waals surface area contributed by atoms with Gasteiger partial charge in [-0.3, -0.25) is 9.52 Å². The van der Waals surface area contributed by atoms with Gasteiger partial charge < -0.3 is 10.1 Å². The molecule has 0 aromatic heterocycles. The minimum atomic E-state index is -3.76. The molecule has 0 atom stereocenters. The van der Waals surface area contributed by atoms with Crippen molar-refractivity contribution in [1.29, 1.82) is 0 Å². The van der Waals surface area contributed by atoms with E-state index in [-0.39, 0.29) is 10.8 Å². The van der Waals surface area contributed by atoms with E-state index in [0.29, 0.717) is 22.7 Å². The van der Waals surface area contributed by atoms with E-state index in [1.807, 2.05) is 30.3 Å². The molecule has 0 aliphatic carbocycles. The van der Waals surface area contributed by atoms with E-state index in [0.717, 1.165) is 0 Å². The fourth-order valence-electron chi connectivity index (χ4n) is 2.36. The molecule has 2 N–H and O–H groups in total. The molecule has 0 bridgehead atoms. The van der Waals surface area contributed by atoms with Crippen molar-refractivity contribution in [1.82, 2.24) is 5.32 Å². The third kappa shape index (κ3) is 4.65. The molecule has 7 heteroatoms. The first-order valence-electron chi connectivity index (χ1n) is 8.16. The molecule has 0 aliphatic heterocycles. The quantitative estimate of drug-likeness (QED) is 0.682. The van der Waals surface area contributed by atoms with Gasteiger partial charge in [0.25, 0.3) is 15.9 Å². The van der Waals surface area contributed by atoms with Crippen LogP contribution < -0.4 is 14.8 Å². The van der Waals surface area contributed by atoms with Gasteiger partial charge in [0, 0.05) is 18.3 Å². The predicted octanol–water partition coefficient (Wildman–Crippen LogP) is 3.64. The number of hydrogen-bond acceptors (Lipinski definition) is 4. The van der Waals surface area contributed by atoms with Gasteiger partial charge in [-0.1, -0.05) is 18.2 Å². The van der Waals surface area contributed by atoms with Gasteiger partial charge in [-0.15, -0.1) is 0 Å². The lowest BCUT2D eigenvalue weighted by molar-refractivity contribution is 0.0963. The van der Waals surface area contributed by atoms with Crippen molar-refractivity contribution in [2.75, 3.05) is 11.8 Å². The van der Waals surface area contributed by atoms with Crippen molar-refractivity contribution in [3.05, 3.63) is 84.4 Å². The number of para-hydroxylation sites is 1. The smallest absolute Gasteiger partial charge is 0.261 e. The van der Waals surface area contributed by atoms with Crippen molar-refractivity contribution in [3.63, 3.8) is 0 Å². The van der Waals surface area contributed by atoms with Crippen LogP contribution in [0.15, 0.2) is 83.8 Å². The second kappa shape index (κ2) is 7.92. The third-order valence-corrected chi connectivity index (χ3v) is 5.14. The molecular weight excluding hydrogens is 364 g/mol. The van der Waals surface area contributed by atoms with E-state index in [1.165, 1.54) is 31.3 Å². The number of ether oxygens (including phenoxy) is 1. The fourth-order valence-corrected chi connectivity index (χ4v) is 3.42. The lowest BCUT2D eigenvalue weighted by Crippen LogP contribution is -2.18. The average Bonchev–Trinajstić information content (AvgIpc) is 2.69. The molecular formula is C20H18N2O4S. The molecule has 3 aromatic rings. The molecule has 0 unspecified atom stereocenters. The Morgan fingerprint density at radius 3 is 2.00 bits per heavy atom. The molecule has 0 saturated carbocycles. The van der Waals surface area contributed by atoms with Crippen molar-refractivity contribution < 1.29 is 17.9 Å². The Morgan fingerprint density at radius 1 is 0.815 bits per heavy atom. The summed E-state index contributed by atoms with van der Waals surface area (Å²) >= 11 is 0. The van der Waals surface area contributed by atoms with Crippen molar-refractivity contribution in [3.8, 4) is 11.5 Å². The number of carbonyl (C=O) groups excluding carboxylic acids is 1. The maximum atomic E-state index is 12.5. The number of anilines is 1. The summed E-state index contributed by atoms with van der Waals surface area (Å²) in [5.41, 5.74) is 0.796.